The summed E-state index contributed by atoms with van der Waals surface area (Å²) < 4.78 is 37.0. The third kappa shape index (κ3) is 5.88. The van der Waals surface area contributed by atoms with Crippen LogP contribution in [0.15, 0.2) is 54.6 Å². The van der Waals surface area contributed by atoms with Crippen LogP contribution in [-0.2, 0) is 16.6 Å². The number of carboxylic acid groups (broad SMARTS) is 1. The zero-order valence-electron chi connectivity index (χ0n) is 23.7. The number of ketones is 1. The molecule has 1 saturated carbocycles. The summed E-state index contributed by atoms with van der Waals surface area (Å²) in [6.45, 7) is 5.98. The zero-order chi connectivity index (χ0) is 31.0. The fraction of sp³-hybridized carbons (Fsp3) is 0.364. The topological polar surface area (TPSA) is 87.4 Å². The molecule has 1 aliphatic carbocycles. The van der Waals surface area contributed by atoms with Crippen LogP contribution in [0.2, 0.25) is 10.0 Å². The highest BCUT2D eigenvalue weighted by atomic mass is 35.5. The smallest absolute Gasteiger partial charge is 0.335 e. The second-order valence-electron chi connectivity index (χ2n) is 12.0. The standard InChI is InChI=1S/C33H31Cl2F2NO4/c1-32(2,3)16-20-14-23(27(39)12-18-8-9-19(31(40)41)13-28(18)42-4)29(22-6-5-7-25(35)30(22)37)33(20,17-38)24-11-10-21(34)15-26(24)36/h5-11,13,15,20,23,29H,12,14,16H2,1-4H3,(H,40,41)/t20-,23-,29-,33+/m0/s1. The zero-order valence-corrected chi connectivity index (χ0v) is 25.2. The van der Waals surface area contributed by atoms with Crippen LogP contribution in [0.25, 0.3) is 0 Å². The summed E-state index contributed by atoms with van der Waals surface area (Å²) in [6.07, 6.45) is 0.471. The Morgan fingerprint density at radius 3 is 2.43 bits per heavy atom. The van der Waals surface area contributed by atoms with Crippen LogP contribution in [0.5, 0.6) is 5.75 Å². The summed E-state index contributed by atoms with van der Waals surface area (Å²) in [7, 11) is 1.37. The summed E-state index contributed by atoms with van der Waals surface area (Å²) >= 11 is 12.3. The van der Waals surface area contributed by atoms with Gasteiger partial charge < -0.3 is 9.84 Å². The highest BCUT2D eigenvalue weighted by Crippen LogP contribution is 2.61. The highest BCUT2D eigenvalue weighted by Gasteiger charge is 2.60. The molecule has 0 bridgehead atoms. The van der Waals surface area contributed by atoms with E-state index in [0.29, 0.717) is 12.0 Å². The van der Waals surface area contributed by atoms with E-state index in [9.17, 15) is 20.0 Å². The Labute approximate surface area is 254 Å². The molecule has 3 aromatic rings. The number of ether oxygens (including phenoxy) is 1. The summed E-state index contributed by atoms with van der Waals surface area (Å²) in [4.78, 5) is 25.7. The molecule has 0 aliphatic heterocycles. The number of aromatic carboxylic acids is 1. The van der Waals surface area contributed by atoms with E-state index in [2.05, 4.69) is 6.07 Å². The quantitative estimate of drug-likeness (QED) is 0.275. The number of hydrogen-bond acceptors (Lipinski definition) is 4. The first-order valence-electron chi connectivity index (χ1n) is 13.5. The first kappa shape index (κ1) is 31.5. The second-order valence-corrected chi connectivity index (χ2v) is 12.8. The van der Waals surface area contributed by atoms with Crippen molar-refractivity contribution in [3.8, 4) is 11.8 Å². The minimum absolute atomic E-state index is 0.00487. The number of hydrogen-bond donors (Lipinski definition) is 1. The highest BCUT2D eigenvalue weighted by molar-refractivity contribution is 6.31. The van der Waals surface area contributed by atoms with E-state index in [4.69, 9.17) is 27.9 Å². The fourth-order valence-corrected chi connectivity index (χ4v) is 6.84. The van der Waals surface area contributed by atoms with Gasteiger partial charge in [-0.25, -0.2) is 13.6 Å². The monoisotopic (exact) mass is 613 g/mol. The Morgan fingerprint density at radius 1 is 1.12 bits per heavy atom. The lowest BCUT2D eigenvalue weighted by Gasteiger charge is -2.38. The summed E-state index contributed by atoms with van der Waals surface area (Å²) in [5.74, 6) is -5.24. The van der Waals surface area contributed by atoms with Crippen molar-refractivity contribution in [2.45, 2.75) is 51.4 Å². The van der Waals surface area contributed by atoms with Crippen LogP contribution >= 0.6 is 23.2 Å². The van der Waals surface area contributed by atoms with Crippen LogP contribution in [0.3, 0.4) is 0 Å². The number of carbonyl (C=O) groups excluding carboxylic acids is 1. The lowest BCUT2D eigenvalue weighted by atomic mass is 9.62. The van der Waals surface area contributed by atoms with Gasteiger partial charge in [-0.15, -0.1) is 0 Å². The number of rotatable bonds is 8. The molecule has 220 valence electrons. The van der Waals surface area contributed by atoms with E-state index < -0.39 is 40.8 Å². The van der Waals surface area contributed by atoms with Crippen LogP contribution in [0, 0.1) is 40.2 Å². The largest absolute Gasteiger partial charge is 0.496 e. The maximum absolute atomic E-state index is 15.8. The van der Waals surface area contributed by atoms with Crippen molar-refractivity contribution >= 4 is 35.0 Å². The van der Waals surface area contributed by atoms with E-state index in [1.165, 1.54) is 49.6 Å². The molecule has 4 rings (SSSR count). The third-order valence-corrected chi connectivity index (χ3v) is 8.65. The van der Waals surface area contributed by atoms with Crippen LogP contribution < -0.4 is 4.74 Å². The molecule has 0 amide bonds. The van der Waals surface area contributed by atoms with Gasteiger partial charge >= 0.3 is 5.97 Å². The van der Waals surface area contributed by atoms with Gasteiger partial charge in [0.15, 0.2) is 0 Å². The van der Waals surface area contributed by atoms with Crippen molar-refractivity contribution in [3.63, 3.8) is 0 Å². The average molecular weight is 615 g/mol. The molecule has 9 heteroatoms. The van der Waals surface area contributed by atoms with E-state index >= 15 is 8.78 Å². The Bertz CT molecular complexity index is 1580. The van der Waals surface area contributed by atoms with Gasteiger partial charge in [0, 0.05) is 34.4 Å². The number of methoxy groups -OCH3 is 1. The minimum atomic E-state index is -1.63. The number of nitrogens with zero attached hydrogens (tertiary/aromatic N) is 1. The number of halogens is 4. The lowest BCUT2D eigenvalue weighted by molar-refractivity contribution is -0.122. The molecular weight excluding hydrogens is 583 g/mol. The van der Waals surface area contributed by atoms with E-state index in [-0.39, 0.29) is 56.5 Å². The maximum atomic E-state index is 15.8. The number of carbonyl (C=O) groups is 2. The first-order chi connectivity index (χ1) is 19.7. The predicted molar refractivity (Wildman–Crippen MR) is 157 cm³/mol. The number of Topliss-reactive ketones (excluding diaryl/α,β-unsaturated/α-hetero) is 1. The van der Waals surface area contributed by atoms with Crippen molar-refractivity contribution in [2.75, 3.05) is 7.11 Å². The molecule has 0 unspecified atom stereocenters. The van der Waals surface area contributed by atoms with Crippen molar-refractivity contribution < 1.29 is 28.2 Å². The molecule has 4 atom stereocenters. The average Bonchev–Trinajstić information content (AvgIpc) is 3.23. The molecule has 1 N–H and O–H groups in total. The molecule has 0 radical (unpaired) electrons. The Morgan fingerprint density at radius 2 is 1.83 bits per heavy atom. The number of carboxylic acids is 1. The van der Waals surface area contributed by atoms with Gasteiger partial charge in [-0.3, -0.25) is 4.79 Å². The normalized spacial score (nSPS) is 22.0. The van der Waals surface area contributed by atoms with Gasteiger partial charge in [-0.1, -0.05) is 68.2 Å². The van der Waals surface area contributed by atoms with Crippen molar-refractivity contribution in [1.82, 2.24) is 0 Å². The molecule has 0 spiro atoms. The molecular formula is C33H31Cl2F2NO4. The van der Waals surface area contributed by atoms with E-state index in [1.807, 2.05) is 20.8 Å². The van der Waals surface area contributed by atoms with Gasteiger partial charge in [-0.2, -0.15) is 5.26 Å². The van der Waals surface area contributed by atoms with Gasteiger partial charge in [0.25, 0.3) is 0 Å². The van der Waals surface area contributed by atoms with Crippen LogP contribution in [0.4, 0.5) is 8.78 Å². The third-order valence-electron chi connectivity index (χ3n) is 8.12. The molecule has 3 aromatic carbocycles. The fourth-order valence-electron chi connectivity index (χ4n) is 6.50. The van der Waals surface area contributed by atoms with Gasteiger partial charge in [0.1, 0.15) is 23.2 Å². The predicted octanol–water partition coefficient (Wildman–Crippen LogP) is 8.41. The molecule has 0 saturated heterocycles. The van der Waals surface area contributed by atoms with Crippen LogP contribution in [-0.4, -0.2) is 24.0 Å². The minimum Gasteiger partial charge on any atom is -0.496 e. The molecule has 1 aliphatic rings. The molecule has 1 fully saturated rings. The van der Waals surface area contributed by atoms with Gasteiger partial charge in [0.2, 0.25) is 0 Å². The maximum Gasteiger partial charge on any atom is 0.335 e. The lowest BCUT2D eigenvalue weighted by Crippen LogP contribution is -2.39. The van der Waals surface area contributed by atoms with Crippen molar-refractivity contribution in [2.24, 2.45) is 17.3 Å². The Balaban J connectivity index is 1.95. The number of benzene rings is 3. The summed E-state index contributed by atoms with van der Waals surface area (Å²) in [5.41, 5.74) is -1.41. The van der Waals surface area contributed by atoms with Crippen molar-refractivity contribution in [1.29, 1.82) is 5.26 Å². The summed E-state index contributed by atoms with van der Waals surface area (Å²) in [5, 5.41) is 20.3. The molecule has 42 heavy (non-hydrogen) atoms. The van der Waals surface area contributed by atoms with Crippen LogP contribution in [0.1, 0.15) is 66.6 Å². The van der Waals surface area contributed by atoms with Crippen molar-refractivity contribution in [3.05, 3.63) is 98.5 Å². The number of nitriles is 1. The molecule has 5 nitrogen and oxygen atoms in total. The first-order valence-corrected chi connectivity index (χ1v) is 14.2. The van der Waals surface area contributed by atoms with Gasteiger partial charge in [-0.05, 0) is 60.1 Å². The van der Waals surface area contributed by atoms with E-state index in [1.54, 1.807) is 6.07 Å². The second kappa shape index (κ2) is 12.0. The Kier molecular flexibility index (Phi) is 9.01. The van der Waals surface area contributed by atoms with Gasteiger partial charge in [0.05, 0.1) is 29.2 Å². The molecule has 0 aromatic heterocycles. The SMILES string of the molecule is COc1cc(C(=O)O)ccc1CC(=O)[C@@H]1C[C@@H](CC(C)(C)C)[C@](C#N)(c2ccc(Cl)cc2F)[C@H]1c1cccc(Cl)c1F. The van der Waals surface area contributed by atoms with E-state index in [0.717, 1.165) is 6.07 Å². The Hall–Kier alpha value is -3.47. The summed E-state index contributed by atoms with van der Waals surface area (Å²) in [6, 6.07) is 15.1. The molecule has 0 heterocycles.